The molecule has 1 atom stereocenters. The quantitative estimate of drug-likeness (QED) is 0.238. The average Bonchev–Trinajstić information content (AvgIpc) is 3.35. The van der Waals surface area contributed by atoms with Gasteiger partial charge in [-0.15, -0.1) is 0 Å². The van der Waals surface area contributed by atoms with E-state index in [2.05, 4.69) is 20.3 Å². The first kappa shape index (κ1) is 27.5. The average molecular weight is 545 g/mol. The van der Waals surface area contributed by atoms with Crippen LogP contribution in [0.5, 0.6) is 5.75 Å². The van der Waals surface area contributed by atoms with Crippen LogP contribution < -0.4 is 15.8 Å². The normalized spacial score (nSPS) is 13.2. The fourth-order valence-electron chi connectivity index (χ4n) is 3.94. The maximum absolute atomic E-state index is 14.4. The van der Waals surface area contributed by atoms with E-state index in [0.717, 1.165) is 18.2 Å². The Morgan fingerprint density at radius 2 is 1.87 bits per heavy atom. The number of alkyl halides is 3. The molecule has 4 aromatic rings. The predicted molar refractivity (Wildman–Crippen MR) is 132 cm³/mol. The molecule has 0 unspecified atom stereocenters. The Bertz CT molecular complexity index is 1520. The number of hydrogen-bond acceptors (Lipinski definition) is 6. The van der Waals surface area contributed by atoms with Crippen LogP contribution in [0.1, 0.15) is 28.5 Å². The molecule has 0 bridgehead atoms. The van der Waals surface area contributed by atoms with Crippen LogP contribution in [0, 0.1) is 5.82 Å². The van der Waals surface area contributed by atoms with Gasteiger partial charge in [0.15, 0.2) is 0 Å². The Morgan fingerprint density at radius 3 is 2.51 bits per heavy atom. The van der Waals surface area contributed by atoms with Gasteiger partial charge in [-0.05, 0) is 49.4 Å². The minimum absolute atomic E-state index is 0.0345. The zero-order valence-electron chi connectivity index (χ0n) is 20.5. The van der Waals surface area contributed by atoms with Gasteiger partial charge in [-0.2, -0.15) is 13.2 Å². The molecule has 5 N–H and O–H groups in total. The zero-order valence-corrected chi connectivity index (χ0v) is 20.5. The molecular formula is C26H23F4N5O4. The first-order valence-corrected chi connectivity index (χ1v) is 11.6. The van der Waals surface area contributed by atoms with Crippen LogP contribution >= 0.6 is 0 Å². The Kier molecular flexibility index (Phi) is 7.54. The first-order valence-electron chi connectivity index (χ1n) is 11.6. The van der Waals surface area contributed by atoms with E-state index in [9.17, 15) is 32.3 Å². The minimum atomic E-state index is -5.33. The molecule has 0 aliphatic carbocycles. The lowest BCUT2D eigenvalue weighted by Crippen LogP contribution is -2.51. The standard InChI is InChI=1S/C26H23F4N5O4/c1-2-39-22-16(11-20(31)36)10-19(35-21(22)14-3-5-18(27)6-4-14)25(38,26(28,29)30)13-34-24(37)17-9-15-7-8-32-23(15)33-12-17/h3-10,12,38H,2,11,13H2,1H3,(H2,31,36)(H,32,33)(H,34,37)/t25-/m0/s1. The molecule has 39 heavy (non-hydrogen) atoms. The van der Waals surface area contributed by atoms with Gasteiger partial charge in [-0.25, -0.2) is 14.4 Å². The number of hydrogen-bond donors (Lipinski definition) is 4. The molecule has 3 aromatic heterocycles. The number of amides is 2. The second-order valence-electron chi connectivity index (χ2n) is 8.61. The second kappa shape index (κ2) is 10.7. The van der Waals surface area contributed by atoms with E-state index in [0.29, 0.717) is 11.0 Å². The Labute approximate surface area is 219 Å². The van der Waals surface area contributed by atoms with Gasteiger partial charge in [0.05, 0.1) is 30.8 Å². The lowest BCUT2D eigenvalue weighted by Gasteiger charge is -2.31. The third-order valence-corrected chi connectivity index (χ3v) is 5.88. The smallest absolute Gasteiger partial charge is 0.424 e. The summed E-state index contributed by atoms with van der Waals surface area (Å²) in [4.78, 5) is 35.4. The van der Waals surface area contributed by atoms with Crippen molar-refractivity contribution in [2.24, 2.45) is 5.73 Å². The van der Waals surface area contributed by atoms with Gasteiger partial charge in [-0.1, -0.05) is 0 Å². The second-order valence-corrected chi connectivity index (χ2v) is 8.61. The lowest BCUT2D eigenvalue weighted by atomic mass is 9.93. The number of nitrogens with one attached hydrogen (secondary N) is 2. The molecule has 0 spiro atoms. The highest BCUT2D eigenvalue weighted by molar-refractivity contribution is 5.97. The minimum Gasteiger partial charge on any atom is -0.491 e. The molecule has 4 rings (SSSR count). The number of aliphatic hydroxyl groups is 1. The highest BCUT2D eigenvalue weighted by atomic mass is 19.4. The fraction of sp³-hybridized carbons (Fsp3) is 0.231. The Hall–Kier alpha value is -4.52. The molecule has 2 amide bonds. The summed E-state index contributed by atoms with van der Waals surface area (Å²) < 4.78 is 62.4. The van der Waals surface area contributed by atoms with Crippen molar-refractivity contribution >= 4 is 22.8 Å². The molecule has 0 saturated heterocycles. The van der Waals surface area contributed by atoms with Gasteiger partial charge < -0.3 is 25.9 Å². The number of aromatic amines is 1. The van der Waals surface area contributed by atoms with E-state index >= 15 is 0 Å². The number of benzene rings is 1. The number of carbonyl (C=O) groups is 2. The SMILES string of the molecule is CCOc1c(CC(N)=O)cc([C@@](O)(CNC(=O)c2cnc3[nH]ccc3c2)C(F)(F)F)nc1-c1ccc(F)cc1. The third-order valence-electron chi connectivity index (χ3n) is 5.88. The maximum atomic E-state index is 14.4. The van der Waals surface area contributed by atoms with Crippen molar-refractivity contribution in [3.8, 4) is 17.0 Å². The lowest BCUT2D eigenvalue weighted by molar-refractivity contribution is -0.265. The van der Waals surface area contributed by atoms with Crippen molar-refractivity contribution in [3.63, 3.8) is 0 Å². The summed E-state index contributed by atoms with van der Waals surface area (Å²) >= 11 is 0. The van der Waals surface area contributed by atoms with Crippen LogP contribution in [0.2, 0.25) is 0 Å². The molecule has 204 valence electrons. The van der Waals surface area contributed by atoms with Crippen LogP contribution in [-0.4, -0.2) is 51.2 Å². The topological polar surface area (TPSA) is 143 Å². The molecule has 9 nitrogen and oxygen atoms in total. The Morgan fingerprint density at radius 1 is 1.15 bits per heavy atom. The number of fused-ring (bicyclic) bond motifs is 1. The van der Waals surface area contributed by atoms with Gasteiger partial charge in [0.25, 0.3) is 5.91 Å². The van der Waals surface area contributed by atoms with Crippen molar-refractivity contribution in [2.75, 3.05) is 13.2 Å². The van der Waals surface area contributed by atoms with Gasteiger partial charge in [-0.3, -0.25) is 9.59 Å². The number of H-pyrrole nitrogens is 1. The number of nitrogens with zero attached hydrogens (tertiary/aromatic N) is 2. The van der Waals surface area contributed by atoms with Gasteiger partial charge in [0, 0.05) is 28.9 Å². The van der Waals surface area contributed by atoms with Gasteiger partial charge >= 0.3 is 6.18 Å². The summed E-state index contributed by atoms with van der Waals surface area (Å²) in [6.07, 6.45) is -3.11. The van der Waals surface area contributed by atoms with Crippen molar-refractivity contribution in [3.05, 3.63) is 77.5 Å². The summed E-state index contributed by atoms with van der Waals surface area (Å²) in [5.41, 5.74) is 1.05. The first-order chi connectivity index (χ1) is 18.4. The van der Waals surface area contributed by atoms with E-state index in [1.165, 1.54) is 24.4 Å². The molecule has 1 aromatic carbocycles. The number of aromatic nitrogens is 3. The number of carbonyl (C=O) groups excluding carboxylic acids is 2. The largest absolute Gasteiger partial charge is 0.491 e. The number of rotatable bonds is 9. The molecular weight excluding hydrogens is 522 g/mol. The number of nitrogens with two attached hydrogens (primary N) is 1. The van der Waals surface area contributed by atoms with Crippen molar-refractivity contribution < 1.29 is 37.0 Å². The molecule has 0 fully saturated rings. The van der Waals surface area contributed by atoms with Crippen LogP contribution in [0.4, 0.5) is 17.6 Å². The summed E-state index contributed by atoms with van der Waals surface area (Å²) in [6, 6.07) is 8.57. The van der Waals surface area contributed by atoms with E-state index in [1.54, 1.807) is 19.2 Å². The van der Waals surface area contributed by atoms with Gasteiger partial charge in [0.2, 0.25) is 11.5 Å². The molecule has 0 saturated carbocycles. The maximum Gasteiger partial charge on any atom is 0.424 e. The van der Waals surface area contributed by atoms with E-state index in [4.69, 9.17) is 10.5 Å². The summed E-state index contributed by atoms with van der Waals surface area (Å²) in [7, 11) is 0. The van der Waals surface area contributed by atoms with Crippen molar-refractivity contribution in [2.45, 2.75) is 25.1 Å². The number of pyridine rings is 2. The molecule has 0 aliphatic heterocycles. The molecule has 0 aliphatic rings. The summed E-state index contributed by atoms with van der Waals surface area (Å²) in [6.45, 7) is 0.345. The molecule has 0 radical (unpaired) electrons. The monoisotopic (exact) mass is 545 g/mol. The van der Waals surface area contributed by atoms with E-state index in [-0.39, 0.29) is 34.7 Å². The van der Waals surface area contributed by atoms with Crippen LogP contribution in [0.3, 0.4) is 0 Å². The summed E-state index contributed by atoms with van der Waals surface area (Å²) in [5.74, 6) is -2.46. The summed E-state index contributed by atoms with van der Waals surface area (Å²) in [5, 5.41) is 13.7. The fourth-order valence-corrected chi connectivity index (χ4v) is 3.94. The molecule has 3 heterocycles. The Balaban J connectivity index is 1.79. The number of halogens is 4. The third kappa shape index (κ3) is 5.67. The van der Waals surface area contributed by atoms with Crippen LogP contribution in [0.25, 0.3) is 22.3 Å². The number of ether oxygens (including phenoxy) is 1. The van der Waals surface area contributed by atoms with Crippen molar-refractivity contribution in [1.29, 1.82) is 0 Å². The highest BCUT2D eigenvalue weighted by Gasteiger charge is 2.56. The van der Waals surface area contributed by atoms with E-state index < -0.39 is 48.1 Å². The zero-order chi connectivity index (χ0) is 28.4. The number of primary amides is 1. The van der Waals surface area contributed by atoms with Gasteiger partial charge in [0.1, 0.15) is 22.9 Å². The predicted octanol–water partition coefficient (Wildman–Crippen LogP) is 3.37. The van der Waals surface area contributed by atoms with Crippen LogP contribution in [0.15, 0.2) is 54.9 Å². The van der Waals surface area contributed by atoms with Crippen LogP contribution in [-0.2, 0) is 16.8 Å². The van der Waals surface area contributed by atoms with Crippen molar-refractivity contribution in [1.82, 2.24) is 20.3 Å². The highest BCUT2D eigenvalue weighted by Crippen LogP contribution is 2.42. The molecule has 13 heteroatoms. The van der Waals surface area contributed by atoms with E-state index in [1.807, 2.05) is 0 Å².